The Hall–Kier alpha value is -1.14. The summed E-state index contributed by atoms with van der Waals surface area (Å²) in [4.78, 5) is 24.6. The number of nitrogens with zero attached hydrogens (tertiary/aromatic N) is 2. The highest BCUT2D eigenvalue weighted by atomic mass is 79.9. The molecule has 2 heterocycles. The summed E-state index contributed by atoms with van der Waals surface area (Å²) in [6.07, 6.45) is 1.53. The average Bonchev–Trinajstić information content (AvgIpc) is 2.70. The molecule has 6 heteroatoms. The quantitative estimate of drug-likeness (QED) is 0.868. The van der Waals surface area contributed by atoms with Gasteiger partial charge in [0.25, 0.3) is 5.56 Å². The molecule has 2 aromatic rings. The van der Waals surface area contributed by atoms with E-state index in [1.807, 2.05) is 18.4 Å². The van der Waals surface area contributed by atoms with E-state index in [0.717, 1.165) is 9.35 Å². The Bertz CT molecular complexity index is 641. The van der Waals surface area contributed by atoms with E-state index in [4.69, 9.17) is 0 Å². The minimum Gasteiger partial charge on any atom is -0.301 e. The van der Waals surface area contributed by atoms with E-state index in [2.05, 4.69) is 15.9 Å². The normalized spacial score (nSPS) is 10.7. The molecule has 0 saturated carbocycles. The summed E-state index contributed by atoms with van der Waals surface area (Å²) in [6.45, 7) is 2.76. The zero-order valence-corrected chi connectivity index (χ0v) is 11.6. The van der Waals surface area contributed by atoms with Crippen LogP contribution >= 0.6 is 27.3 Å². The first-order chi connectivity index (χ1) is 8.11. The first kappa shape index (κ1) is 12.3. The zero-order valence-electron chi connectivity index (χ0n) is 9.22. The molecule has 0 unspecified atom stereocenters. The third kappa shape index (κ3) is 2.58. The van der Waals surface area contributed by atoms with Gasteiger partial charge in [-0.2, -0.15) is 0 Å². The second-order valence-corrected chi connectivity index (χ2v) is 5.45. The summed E-state index contributed by atoms with van der Waals surface area (Å²) >= 11 is 4.87. The van der Waals surface area contributed by atoms with Gasteiger partial charge < -0.3 is 4.57 Å². The van der Waals surface area contributed by atoms with Crippen LogP contribution in [0.5, 0.6) is 0 Å². The monoisotopic (exact) mass is 314 g/mol. The highest BCUT2D eigenvalue weighted by Crippen LogP contribution is 2.19. The van der Waals surface area contributed by atoms with Crippen LogP contribution in [-0.2, 0) is 13.1 Å². The van der Waals surface area contributed by atoms with Crippen molar-refractivity contribution in [2.75, 3.05) is 0 Å². The number of thiophene rings is 1. The number of halogens is 1. The van der Waals surface area contributed by atoms with Gasteiger partial charge in [0.05, 0.1) is 6.54 Å². The zero-order chi connectivity index (χ0) is 12.4. The number of aromatic nitrogens is 2. The Labute approximate surface area is 110 Å². The molecule has 17 heavy (non-hydrogen) atoms. The minimum atomic E-state index is -0.260. The molecule has 90 valence electrons. The van der Waals surface area contributed by atoms with Crippen molar-refractivity contribution in [2.24, 2.45) is 0 Å². The van der Waals surface area contributed by atoms with Crippen LogP contribution in [0.1, 0.15) is 11.8 Å². The van der Waals surface area contributed by atoms with E-state index in [9.17, 15) is 9.59 Å². The molecule has 0 fully saturated rings. The van der Waals surface area contributed by atoms with Crippen molar-refractivity contribution in [1.82, 2.24) is 9.13 Å². The van der Waals surface area contributed by atoms with Gasteiger partial charge in [-0.05, 0) is 28.9 Å². The van der Waals surface area contributed by atoms with Gasteiger partial charge in [-0.15, -0.1) is 11.3 Å². The van der Waals surface area contributed by atoms with Crippen molar-refractivity contribution in [3.05, 3.63) is 53.9 Å². The lowest BCUT2D eigenvalue weighted by atomic mass is 10.4. The summed E-state index contributed by atoms with van der Waals surface area (Å²) in [5.74, 6) is 0. The maximum atomic E-state index is 12.0. The molecule has 4 nitrogen and oxygen atoms in total. The van der Waals surface area contributed by atoms with Gasteiger partial charge in [0.15, 0.2) is 0 Å². The Morgan fingerprint density at radius 3 is 2.76 bits per heavy atom. The third-order valence-electron chi connectivity index (χ3n) is 2.42. The molecular weight excluding hydrogens is 304 g/mol. The summed E-state index contributed by atoms with van der Waals surface area (Å²) in [5, 5.41) is 1.93. The molecule has 0 N–H and O–H groups in total. The summed E-state index contributed by atoms with van der Waals surface area (Å²) in [6, 6.07) is 3.34. The molecule has 0 bridgehead atoms. The van der Waals surface area contributed by atoms with Gasteiger partial charge in [0.2, 0.25) is 0 Å². The van der Waals surface area contributed by atoms with Crippen LogP contribution in [0.4, 0.5) is 0 Å². The van der Waals surface area contributed by atoms with Crippen molar-refractivity contribution in [3.63, 3.8) is 0 Å². The van der Waals surface area contributed by atoms with Crippen molar-refractivity contribution in [1.29, 1.82) is 0 Å². The lowest BCUT2D eigenvalue weighted by molar-refractivity contribution is 0.603. The molecule has 0 spiro atoms. The van der Waals surface area contributed by atoms with Crippen molar-refractivity contribution >= 4 is 27.3 Å². The molecule has 0 amide bonds. The van der Waals surface area contributed by atoms with Crippen LogP contribution in [-0.4, -0.2) is 9.13 Å². The number of aryl methyl sites for hydroxylation is 1. The highest BCUT2D eigenvalue weighted by molar-refractivity contribution is 9.10. The van der Waals surface area contributed by atoms with Gasteiger partial charge >= 0.3 is 5.69 Å². The fraction of sp³-hybridized carbons (Fsp3) is 0.273. The maximum Gasteiger partial charge on any atom is 0.331 e. The summed E-state index contributed by atoms with van der Waals surface area (Å²) in [7, 11) is 0. The van der Waals surface area contributed by atoms with E-state index in [1.54, 1.807) is 0 Å². The van der Waals surface area contributed by atoms with Gasteiger partial charge in [0, 0.05) is 33.5 Å². The van der Waals surface area contributed by atoms with Crippen LogP contribution < -0.4 is 11.2 Å². The maximum absolute atomic E-state index is 12.0. The molecule has 2 rings (SSSR count). The van der Waals surface area contributed by atoms with Gasteiger partial charge in [-0.3, -0.25) is 9.36 Å². The lowest BCUT2D eigenvalue weighted by Gasteiger charge is -2.06. The van der Waals surface area contributed by atoms with E-state index >= 15 is 0 Å². The van der Waals surface area contributed by atoms with E-state index in [1.165, 1.54) is 32.7 Å². The molecule has 0 aromatic carbocycles. The SMILES string of the molecule is CCn1ccc(=O)n(Cc2cc(Br)cs2)c1=O. The number of hydrogen-bond acceptors (Lipinski definition) is 3. The van der Waals surface area contributed by atoms with E-state index in [-0.39, 0.29) is 11.2 Å². The molecule has 0 aliphatic rings. The second-order valence-electron chi connectivity index (χ2n) is 3.54. The van der Waals surface area contributed by atoms with Crippen LogP contribution in [0.2, 0.25) is 0 Å². The van der Waals surface area contributed by atoms with Gasteiger partial charge in [-0.25, -0.2) is 4.79 Å². The van der Waals surface area contributed by atoms with Gasteiger partial charge in [-0.1, -0.05) is 0 Å². The summed E-state index contributed by atoms with van der Waals surface area (Å²) in [5.41, 5.74) is -0.520. The van der Waals surface area contributed by atoms with Crippen LogP contribution in [0.15, 0.2) is 37.8 Å². The Balaban J connectivity index is 2.45. The molecule has 0 radical (unpaired) electrons. The Morgan fingerprint density at radius 2 is 2.18 bits per heavy atom. The predicted molar refractivity (Wildman–Crippen MR) is 71.8 cm³/mol. The fourth-order valence-electron chi connectivity index (χ4n) is 1.54. The predicted octanol–water partition coefficient (Wildman–Crippen LogP) is 1.90. The van der Waals surface area contributed by atoms with Crippen LogP contribution in [0.3, 0.4) is 0 Å². The van der Waals surface area contributed by atoms with E-state index in [0.29, 0.717) is 13.1 Å². The molecule has 0 atom stereocenters. The first-order valence-electron chi connectivity index (χ1n) is 5.15. The molecule has 0 saturated heterocycles. The number of hydrogen-bond donors (Lipinski definition) is 0. The van der Waals surface area contributed by atoms with Crippen molar-refractivity contribution < 1.29 is 0 Å². The third-order valence-corrected chi connectivity index (χ3v) is 4.10. The van der Waals surface area contributed by atoms with Crippen molar-refractivity contribution in [3.8, 4) is 0 Å². The smallest absolute Gasteiger partial charge is 0.301 e. The van der Waals surface area contributed by atoms with Crippen LogP contribution in [0, 0.1) is 0 Å². The van der Waals surface area contributed by atoms with E-state index < -0.39 is 0 Å². The standard InChI is InChI=1S/C11H11BrN2O2S/c1-2-13-4-3-10(15)14(11(13)16)6-9-5-8(12)7-17-9/h3-5,7H,2,6H2,1H3. The minimum absolute atomic E-state index is 0.260. The molecular formula is C11H11BrN2O2S. The first-order valence-corrected chi connectivity index (χ1v) is 6.82. The summed E-state index contributed by atoms with van der Waals surface area (Å²) < 4.78 is 3.74. The largest absolute Gasteiger partial charge is 0.331 e. The van der Waals surface area contributed by atoms with Crippen molar-refractivity contribution in [2.45, 2.75) is 20.0 Å². The fourth-order valence-corrected chi connectivity index (χ4v) is 2.97. The van der Waals surface area contributed by atoms with Gasteiger partial charge in [0.1, 0.15) is 0 Å². The average molecular weight is 315 g/mol. The lowest BCUT2D eigenvalue weighted by Crippen LogP contribution is -2.38. The molecule has 0 aliphatic carbocycles. The molecule has 2 aromatic heterocycles. The second kappa shape index (κ2) is 5.01. The Kier molecular flexibility index (Phi) is 3.63. The highest BCUT2D eigenvalue weighted by Gasteiger charge is 2.06. The Morgan fingerprint density at radius 1 is 1.41 bits per heavy atom. The van der Waals surface area contributed by atoms with Crippen LogP contribution in [0.25, 0.3) is 0 Å². The molecule has 0 aliphatic heterocycles. The number of rotatable bonds is 3. The topological polar surface area (TPSA) is 44.0 Å².